The first-order valence-corrected chi connectivity index (χ1v) is 10.3. The number of nitrogens with one attached hydrogen (secondary N) is 1. The molecule has 27 heavy (non-hydrogen) atoms. The summed E-state index contributed by atoms with van der Waals surface area (Å²) in [6.45, 7) is 1.75. The van der Waals surface area contributed by atoms with Crippen LogP contribution in [-0.4, -0.2) is 32.4 Å². The molecule has 0 unspecified atom stereocenters. The van der Waals surface area contributed by atoms with Crippen LogP contribution in [0.4, 0.5) is 0 Å². The van der Waals surface area contributed by atoms with Gasteiger partial charge >= 0.3 is 0 Å². The van der Waals surface area contributed by atoms with Gasteiger partial charge in [-0.05, 0) is 49.4 Å². The van der Waals surface area contributed by atoms with Gasteiger partial charge in [0, 0.05) is 22.9 Å². The zero-order valence-electron chi connectivity index (χ0n) is 14.7. The van der Waals surface area contributed by atoms with Crippen LogP contribution >= 0.6 is 11.6 Å². The fraction of sp³-hybridized carbons (Fsp3) is 0.316. The summed E-state index contributed by atoms with van der Waals surface area (Å²) in [5.41, 5.74) is -0.292. The molecule has 8 heteroatoms. The van der Waals surface area contributed by atoms with Crippen molar-refractivity contribution >= 4 is 27.3 Å². The van der Waals surface area contributed by atoms with Crippen LogP contribution in [-0.2, 0) is 14.6 Å². The Morgan fingerprint density at radius 3 is 2.59 bits per heavy atom. The van der Waals surface area contributed by atoms with Crippen LogP contribution in [0, 0.1) is 0 Å². The van der Waals surface area contributed by atoms with Crippen molar-refractivity contribution in [2.45, 2.75) is 35.1 Å². The van der Waals surface area contributed by atoms with Crippen LogP contribution < -0.4 is 14.8 Å². The number of methoxy groups -OCH3 is 1. The second-order valence-electron chi connectivity index (χ2n) is 6.96. The maximum absolute atomic E-state index is 13.3. The van der Waals surface area contributed by atoms with E-state index in [-0.39, 0.29) is 4.90 Å². The SMILES string of the molecule is COc1ccc2c(c1)[C@H]1C[C@@](C)(NC(=O)[C@@H]1S(=O)(=O)c1ccc(Cl)cc1)O2. The number of carbonyl (C=O) groups excluding carboxylic acids is 1. The van der Waals surface area contributed by atoms with Crippen molar-refractivity contribution in [3.63, 3.8) is 0 Å². The molecule has 2 aromatic rings. The van der Waals surface area contributed by atoms with Crippen LogP contribution in [0.5, 0.6) is 11.5 Å². The predicted molar refractivity (Wildman–Crippen MR) is 100.0 cm³/mol. The van der Waals surface area contributed by atoms with Crippen LogP contribution in [0.1, 0.15) is 24.8 Å². The third-order valence-electron chi connectivity index (χ3n) is 5.05. The highest BCUT2D eigenvalue weighted by Gasteiger charge is 2.54. The summed E-state index contributed by atoms with van der Waals surface area (Å²) in [5, 5.41) is 1.90. The third-order valence-corrected chi connectivity index (χ3v) is 7.44. The van der Waals surface area contributed by atoms with Crippen LogP contribution in [0.2, 0.25) is 5.02 Å². The van der Waals surface area contributed by atoms with Gasteiger partial charge in [-0.2, -0.15) is 0 Å². The van der Waals surface area contributed by atoms with E-state index in [0.717, 1.165) is 0 Å². The summed E-state index contributed by atoms with van der Waals surface area (Å²) in [6.07, 6.45) is 0.344. The highest BCUT2D eigenvalue weighted by Crippen LogP contribution is 2.48. The van der Waals surface area contributed by atoms with Crippen LogP contribution in [0.25, 0.3) is 0 Å². The number of piperidine rings is 1. The van der Waals surface area contributed by atoms with E-state index >= 15 is 0 Å². The average Bonchev–Trinajstić information content (AvgIpc) is 2.60. The fourth-order valence-corrected chi connectivity index (χ4v) is 5.79. The Hall–Kier alpha value is -2.25. The maximum Gasteiger partial charge on any atom is 0.242 e. The Morgan fingerprint density at radius 1 is 1.22 bits per heavy atom. The Bertz CT molecular complexity index is 1020. The Morgan fingerprint density at radius 2 is 1.93 bits per heavy atom. The molecule has 0 saturated carbocycles. The predicted octanol–water partition coefficient (Wildman–Crippen LogP) is 2.90. The average molecular weight is 408 g/mol. The summed E-state index contributed by atoms with van der Waals surface area (Å²) in [6, 6.07) is 11.1. The highest BCUT2D eigenvalue weighted by atomic mass is 35.5. The molecule has 1 fully saturated rings. The molecule has 4 rings (SSSR count). The van der Waals surface area contributed by atoms with Crippen molar-refractivity contribution in [1.82, 2.24) is 5.32 Å². The lowest BCUT2D eigenvalue weighted by atomic mass is 9.81. The lowest BCUT2D eigenvalue weighted by Gasteiger charge is -2.46. The largest absolute Gasteiger partial charge is 0.497 e. The molecule has 142 valence electrons. The molecule has 1 saturated heterocycles. The van der Waals surface area contributed by atoms with E-state index in [0.29, 0.717) is 28.5 Å². The number of amides is 1. The van der Waals surface area contributed by atoms with Crippen molar-refractivity contribution in [3.8, 4) is 11.5 Å². The van der Waals surface area contributed by atoms with Gasteiger partial charge in [-0.3, -0.25) is 4.79 Å². The summed E-state index contributed by atoms with van der Waals surface area (Å²) in [5.74, 6) is 0.000815. The topological polar surface area (TPSA) is 81.7 Å². The molecule has 2 aliphatic rings. The quantitative estimate of drug-likeness (QED) is 0.846. The first-order valence-electron chi connectivity index (χ1n) is 8.42. The van der Waals surface area contributed by atoms with Gasteiger partial charge in [-0.25, -0.2) is 8.42 Å². The molecule has 0 radical (unpaired) electrons. The molecule has 2 bridgehead atoms. The Kier molecular flexibility index (Phi) is 4.12. The van der Waals surface area contributed by atoms with Gasteiger partial charge in [0.1, 0.15) is 11.5 Å². The fourth-order valence-electron chi connectivity index (χ4n) is 3.84. The number of rotatable bonds is 3. The first-order chi connectivity index (χ1) is 12.7. The lowest BCUT2D eigenvalue weighted by Crippen LogP contribution is -2.63. The number of carbonyl (C=O) groups is 1. The lowest BCUT2D eigenvalue weighted by molar-refractivity contribution is -0.132. The van der Waals surface area contributed by atoms with Crippen LogP contribution in [0.3, 0.4) is 0 Å². The first kappa shape index (κ1) is 18.1. The second-order valence-corrected chi connectivity index (χ2v) is 9.46. The molecular formula is C19H18ClNO5S. The zero-order valence-corrected chi connectivity index (χ0v) is 16.3. The molecule has 0 aliphatic carbocycles. The van der Waals surface area contributed by atoms with Gasteiger partial charge in [-0.1, -0.05) is 11.6 Å². The van der Waals surface area contributed by atoms with Crippen LogP contribution in [0.15, 0.2) is 47.4 Å². The normalized spacial score (nSPS) is 26.6. The molecular weight excluding hydrogens is 390 g/mol. The molecule has 0 aromatic heterocycles. The number of benzene rings is 2. The van der Waals surface area contributed by atoms with Crippen molar-refractivity contribution in [2.24, 2.45) is 0 Å². The number of halogens is 1. The van der Waals surface area contributed by atoms with Gasteiger partial charge in [0.2, 0.25) is 5.91 Å². The van der Waals surface area contributed by atoms with E-state index in [1.165, 1.54) is 31.4 Å². The van der Waals surface area contributed by atoms with E-state index in [4.69, 9.17) is 21.1 Å². The summed E-state index contributed by atoms with van der Waals surface area (Å²) >= 11 is 5.87. The minimum absolute atomic E-state index is 0.0617. The molecule has 3 atom stereocenters. The van der Waals surface area contributed by atoms with Crippen molar-refractivity contribution in [1.29, 1.82) is 0 Å². The van der Waals surface area contributed by atoms with Gasteiger partial charge < -0.3 is 14.8 Å². The van der Waals surface area contributed by atoms with E-state index in [2.05, 4.69) is 5.32 Å². The number of fused-ring (bicyclic) bond motifs is 4. The van der Waals surface area contributed by atoms with E-state index < -0.39 is 32.6 Å². The smallest absolute Gasteiger partial charge is 0.242 e. The minimum atomic E-state index is -3.93. The van der Waals surface area contributed by atoms with E-state index in [1.807, 2.05) is 0 Å². The molecule has 1 amide bonds. The molecule has 2 heterocycles. The van der Waals surface area contributed by atoms with Gasteiger partial charge in [-0.15, -0.1) is 0 Å². The Labute approximate surface area is 162 Å². The monoisotopic (exact) mass is 407 g/mol. The Balaban J connectivity index is 1.86. The molecule has 2 aliphatic heterocycles. The molecule has 1 N–H and O–H groups in total. The minimum Gasteiger partial charge on any atom is -0.497 e. The van der Waals surface area contributed by atoms with Crippen molar-refractivity contribution in [3.05, 3.63) is 53.1 Å². The number of sulfone groups is 1. The van der Waals surface area contributed by atoms with E-state index in [9.17, 15) is 13.2 Å². The summed E-state index contributed by atoms with van der Waals surface area (Å²) < 4.78 is 37.8. The van der Waals surface area contributed by atoms with Crippen molar-refractivity contribution in [2.75, 3.05) is 7.11 Å². The van der Waals surface area contributed by atoms with Gasteiger partial charge in [0.05, 0.1) is 12.0 Å². The number of hydrogen-bond donors (Lipinski definition) is 1. The molecule has 2 aromatic carbocycles. The standard InChI is InChI=1S/C19H18ClNO5S/c1-19-10-15(14-9-12(25-2)5-8-16(14)26-19)17(18(22)21-19)27(23,24)13-6-3-11(20)4-7-13/h3-9,15,17H,10H2,1-2H3,(H,21,22)/t15-,17-,19+/m1/s1. The molecule has 0 spiro atoms. The van der Waals surface area contributed by atoms with Crippen molar-refractivity contribution < 1.29 is 22.7 Å². The van der Waals surface area contributed by atoms with E-state index in [1.54, 1.807) is 25.1 Å². The summed E-state index contributed by atoms with van der Waals surface area (Å²) in [4.78, 5) is 12.9. The van der Waals surface area contributed by atoms with Gasteiger partial charge in [0.15, 0.2) is 20.8 Å². The molecule has 6 nitrogen and oxygen atoms in total. The zero-order chi connectivity index (χ0) is 19.4. The third kappa shape index (κ3) is 2.95. The van der Waals surface area contributed by atoms with Gasteiger partial charge in [0.25, 0.3) is 0 Å². The second kappa shape index (κ2) is 6.14. The highest BCUT2D eigenvalue weighted by molar-refractivity contribution is 7.92. The maximum atomic E-state index is 13.3. The number of ether oxygens (including phenoxy) is 2. The summed E-state index contributed by atoms with van der Waals surface area (Å²) in [7, 11) is -2.40. The number of hydrogen-bond acceptors (Lipinski definition) is 5.